The van der Waals surface area contributed by atoms with Crippen LogP contribution in [0.1, 0.15) is 146 Å². The Labute approximate surface area is 520 Å². The van der Waals surface area contributed by atoms with Crippen molar-refractivity contribution in [2.75, 3.05) is 13.1 Å². The van der Waals surface area contributed by atoms with Gasteiger partial charge < -0.3 is 58.5 Å². The van der Waals surface area contributed by atoms with Crippen molar-refractivity contribution in [3.63, 3.8) is 0 Å². The van der Waals surface area contributed by atoms with Crippen LogP contribution in [0.4, 0.5) is 9.59 Å². The molecule has 20 heteroatoms. The number of likely N-dealkylation sites (tertiary alicyclic amines) is 2. The van der Waals surface area contributed by atoms with Crippen LogP contribution in [0, 0.1) is 23.2 Å². The number of hydrogen-bond acceptors (Lipinski definition) is 11. The summed E-state index contributed by atoms with van der Waals surface area (Å²) in [5, 5.41) is 26.0. The van der Waals surface area contributed by atoms with Crippen molar-refractivity contribution in [1.29, 1.82) is 0 Å². The normalized spacial score (nSPS) is 23.2. The molecule has 5 N–H and O–H groups in total. The highest BCUT2D eigenvalue weighted by atomic mass is 16.7. The number of benzene rings is 6. The Morgan fingerprint density at radius 1 is 0.640 bits per heavy atom. The minimum absolute atomic E-state index is 0.189. The molecule has 0 unspecified atom stereocenters. The van der Waals surface area contributed by atoms with E-state index in [0.717, 1.165) is 106 Å². The molecule has 8 heterocycles. The number of nitrogens with one attached hydrogen (secondary N) is 3. The van der Waals surface area contributed by atoms with E-state index in [0.29, 0.717) is 44.4 Å². The Kier molecular flexibility index (Phi) is 14.2. The average Bonchev–Trinajstić information content (AvgIpc) is 1.64. The summed E-state index contributed by atoms with van der Waals surface area (Å²) in [7, 11) is -0.860. The van der Waals surface area contributed by atoms with Crippen LogP contribution in [0.2, 0.25) is 0 Å². The molecule has 14 rings (SSSR count). The summed E-state index contributed by atoms with van der Waals surface area (Å²) in [6, 6.07) is 28.3. The number of rotatable bonds is 7. The van der Waals surface area contributed by atoms with E-state index in [9.17, 15) is 24.6 Å². The Morgan fingerprint density at radius 2 is 1.13 bits per heavy atom. The Balaban J connectivity index is 0.000000164. The van der Waals surface area contributed by atoms with Gasteiger partial charge in [-0.2, -0.15) is 0 Å². The van der Waals surface area contributed by atoms with Crippen LogP contribution in [-0.4, -0.2) is 114 Å². The van der Waals surface area contributed by atoms with Gasteiger partial charge in [-0.3, -0.25) is 9.69 Å². The molecule has 0 bridgehead atoms. The lowest BCUT2D eigenvalue weighted by atomic mass is 9.70. The standard InChI is InChI=1S/C35H41BN4O6.C34H40BN3O5/c1-18(2)29(39-33(42)43)32(41)40-16-19(3)12-27(40)31-37-26-11-8-20-14-25-23-10-9-22(36-45-34(4,5)35(6,7)46-36)13-21(23)17-44-28(25)15-24(20)30(26)38-31;1-19-16-34(31(2,3)4,38(17-19)30(39)40)29-36-26-12-9-20-14-25-23-11-10-22(35-42-32(5,6)33(7,8)43-35)13-21(23)18-41-27(25)15-24(20)28(26)37-29/h8-11,13-15,18-19,27,29,39H,12,16-17H2,1-7H3,(H,37,38)(H,42,43);9-15,19H,16-18H2,1-8H3,(H,36,37)(H,39,40)/t19-,27-,29-;19-,34+/m00/s1. The van der Waals surface area contributed by atoms with E-state index in [1.54, 1.807) is 9.80 Å². The number of aromatic nitrogens is 4. The fraction of sp³-hybridized carbons (Fsp3) is 0.464. The maximum absolute atomic E-state index is 13.6. The van der Waals surface area contributed by atoms with Crippen molar-refractivity contribution in [3.8, 4) is 33.8 Å². The monoisotopic (exact) mass is 1210 g/mol. The largest absolute Gasteiger partial charge is 0.494 e. The number of hydrogen-bond donors (Lipinski definition) is 5. The lowest BCUT2D eigenvalue weighted by molar-refractivity contribution is -0.135. The fourth-order valence-electron chi connectivity index (χ4n) is 14.3. The van der Waals surface area contributed by atoms with Crippen molar-refractivity contribution in [2.24, 2.45) is 23.2 Å². The predicted octanol–water partition coefficient (Wildman–Crippen LogP) is 12.6. The van der Waals surface area contributed by atoms with E-state index in [1.807, 2.05) is 26.0 Å². The molecule has 0 spiro atoms. The lowest BCUT2D eigenvalue weighted by Crippen LogP contribution is -2.53. The minimum atomic E-state index is -1.20. The first-order chi connectivity index (χ1) is 41.8. The molecule has 0 aliphatic carbocycles. The van der Waals surface area contributed by atoms with E-state index in [2.05, 4.69) is 178 Å². The smallest absolute Gasteiger partial charge is 0.488 e. The highest BCUT2D eigenvalue weighted by Crippen LogP contribution is 2.53. The first-order valence-electron chi connectivity index (χ1n) is 31.3. The van der Waals surface area contributed by atoms with E-state index in [1.165, 1.54) is 0 Å². The van der Waals surface area contributed by atoms with Gasteiger partial charge in [0, 0.05) is 35.0 Å². The molecule has 4 fully saturated rings. The molecular weight excluding hydrogens is 1120 g/mol. The van der Waals surface area contributed by atoms with Crippen molar-refractivity contribution in [2.45, 2.75) is 170 Å². The third-order valence-electron chi connectivity index (χ3n) is 20.6. The maximum Gasteiger partial charge on any atom is 0.494 e. The molecule has 6 aliphatic rings. The maximum atomic E-state index is 13.6. The summed E-state index contributed by atoms with van der Waals surface area (Å²) in [4.78, 5) is 58.2. The zero-order valence-electron chi connectivity index (χ0n) is 53.7. The molecule has 8 aromatic rings. The number of ether oxygens (including phenoxy) is 2. The molecule has 6 aliphatic heterocycles. The summed E-state index contributed by atoms with van der Waals surface area (Å²) in [6.45, 7) is 32.6. The number of H-pyrrole nitrogens is 2. The fourth-order valence-corrected chi connectivity index (χ4v) is 14.3. The zero-order valence-corrected chi connectivity index (χ0v) is 53.7. The van der Waals surface area contributed by atoms with Gasteiger partial charge in [-0.1, -0.05) is 97.0 Å². The summed E-state index contributed by atoms with van der Waals surface area (Å²) in [6.07, 6.45) is -0.661. The van der Waals surface area contributed by atoms with Gasteiger partial charge >= 0.3 is 26.4 Å². The second-order valence-corrected chi connectivity index (χ2v) is 29.2. The van der Waals surface area contributed by atoms with Gasteiger partial charge in [0.25, 0.3) is 0 Å². The van der Waals surface area contributed by atoms with Crippen molar-refractivity contribution in [3.05, 3.63) is 108 Å². The van der Waals surface area contributed by atoms with Crippen LogP contribution in [-0.2, 0) is 42.2 Å². The van der Waals surface area contributed by atoms with Crippen LogP contribution in [0.25, 0.3) is 65.9 Å². The molecule has 89 heavy (non-hydrogen) atoms. The Hall–Kier alpha value is -7.64. The second-order valence-electron chi connectivity index (χ2n) is 29.2. The van der Waals surface area contributed by atoms with Crippen LogP contribution < -0.4 is 25.7 Å². The average molecular weight is 1210 g/mol. The van der Waals surface area contributed by atoms with Gasteiger partial charge in [-0.15, -0.1) is 0 Å². The number of carbonyl (C=O) groups is 3. The van der Waals surface area contributed by atoms with Gasteiger partial charge in [-0.25, -0.2) is 19.6 Å². The molecule has 0 radical (unpaired) electrons. The van der Waals surface area contributed by atoms with Crippen molar-refractivity contribution in [1.82, 2.24) is 35.1 Å². The van der Waals surface area contributed by atoms with Gasteiger partial charge in [0.2, 0.25) is 5.91 Å². The Bertz CT molecular complexity index is 4190. The highest BCUT2D eigenvalue weighted by molar-refractivity contribution is 6.62. The first-order valence-corrected chi connectivity index (χ1v) is 31.3. The van der Waals surface area contributed by atoms with E-state index < -0.39 is 60.4 Å². The molecule has 5 atom stereocenters. The zero-order chi connectivity index (χ0) is 63.4. The summed E-state index contributed by atoms with van der Waals surface area (Å²) in [5.74, 6) is 3.09. The molecule has 3 amide bonds. The van der Waals surface area contributed by atoms with Crippen molar-refractivity contribution >= 4 is 86.9 Å². The van der Waals surface area contributed by atoms with Crippen LogP contribution in [0.3, 0.4) is 0 Å². The van der Waals surface area contributed by atoms with E-state index in [4.69, 9.17) is 38.1 Å². The first kappa shape index (κ1) is 60.3. The minimum Gasteiger partial charge on any atom is -0.488 e. The summed E-state index contributed by atoms with van der Waals surface area (Å²) >= 11 is 0. The molecule has 18 nitrogen and oxygen atoms in total. The number of amides is 3. The molecular formula is C69H81B2N7O11. The van der Waals surface area contributed by atoms with Gasteiger partial charge in [-0.05, 0) is 172 Å². The van der Waals surface area contributed by atoms with E-state index >= 15 is 0 Å². The molecule has 464 valence electrons. The quantitative estimate of drug-likeness (QED) is 0.0938. The van der Waals surface area contributed by atoms with Crippen LogP contribution >= 0.6 is 0 Å². The van der Waals surface area contributed by atoms with Gasteiger partial charge in [0.05, 0.1) is 50.5 Å². The highest BCUT2D eigenvalue weighted by Gasteiger charge is 2.58. The molecule has 2 aromatic heterocycles. The lowest BCUT2D eigenvalue weighted by Gasteiger charge is -2.45. The number of fused-ring (bicyclic) bond motifs is 12. The third kappa shape index (κ3) is 9.98. The van der Waals surface area contributed by atoms with Gasteiger partial charge in [0.15, 0.2) is 0 Å². The number of carbonyl (C=O) groups excluding carboxylic acids is 1. The van der Waals surface area contributed by atoms with Crippen molar-refractivity contribution < 1.29 is 52.7 Å². The topological polar surface area (TPSA) is 223 Å². The summed E-state index contributed by atoms with van der Waals surface area (Å²) in [5.41, 5.74) is 9.11. The predicted molar refractivity (Wildman–Crippen MR) is 346 cm³/mol. The number of carboxylic acid groups (broad SMARTS) is 2. The second kappa shape index (κ2) is 21.0. The molecule has 4 saturated heterocycles. The number of imidazole rings is 2. The third-order valence-corrected chi connectivity index (χ3v) is 20.6. The van der Waals surface area contributed by atoms with Crippen LogP contribution in [0.15, 0.2) is 84.9 Å². The van der Waals surface area contributed by atoms with Gasteiger partial charge in [0.1, 0.15) is 47.9 Å². The molecule has 6 aromatic carbocycles. The Morgan fingerprint density at radius 3 is 1.61 bits per heavy atom. The summed E-state index contributed by atoms with van der Waals surface area (Å²) < 4.78 is 37.8. The molecule has 0 saturated carbocycles. The SMILES string of the molecule is CC(C)[C@H](NC(=O)O)C(=O)N1C[C@@H](C)C[C@H]1c1nc2c(ccc3cc4c(cc32)OCc2cc(B3OC(C)(C)C(C)(C)O3)ccc2-4)[nH]1.C[C@@H]1CN(C(=O)O)[C@](c2nc3c(ccc4cc5c(cc43)OCc3cc(B4OC(C)(C)C(C)(C)O4)ccc3-5)[nH]2)(C(C)(C)C)C1. The number of nitrogens with zero attached hydrogens (tertiary/aromatic N) is 4. The van der Waals surface area contributed by atoms with Crippen LogP contribution in [0.5, 0.6) is 11.5 Å². The number of aromatic amines is 2. The van der Waals surface area contributed by atoms with E-state index in [-0.39, 0.29) is 35.1 Å².